The SMILES string of the molecule is COC(C)CC(CC1CCCCC1)NN. The van der Waals surface area contributed by atoms with Crippen LogP contribution in [0.1, 0.15) is 51.9 Å². The summed E-state index contributed by atoms with van der Waals surface area (Å²) < 4.78 is 5.28. The lowest BCUT2D eigenvalue weighted by molar-refractivity contribution is 0.0956. The van der Waals surface area contributed by atoms with Crippen LogP contribution in [0, 0.1) is 5.92 Å². The van der Waals surface area contributed by atoms with Crippen molar-refractivity contribution in [2.24, 2.45) is 11.8 Å². The standard InChI is InChI=1S/C12H26N2O/c1-10(15-2)8-12(14-13)9-11-6-4-3-5-7-11/h10-12,14H,3-9,13H2,1-2H3. The van der Waals surface area contributed by atoms with Gasteiger partial charge >= 0.3 is 0 Å². The Morgan fingerprint density at radius 1 is 1.33 bits per heavy atom. The van der Waals surface area contributed by atoms with E-state index in [1.54, 1.807) is 7.11 Å². The lowest BCUT2D eigenvalue weighted by atomic mass is 9.84. The fraction of sp³-hybridized carbons (Fsp3) is 1.00. The van der Waals surface area contributed by atoms with E-state index < -0.39 is 0 Å². The number of ether oxygens (including phenoxy) is 1. The van der Waals surface area contributed by atoms with Gasteiger partial charge in [0, 0.05) is 13.2 Å². The third-order valence-corrected chi connectivity index (χ3v) is 3.60. The van der Waals surface area contributed by atoms with Crippen LogP contribution in [0.15, 0.2) is 0 Å². The summed E-state index contributed by atoms with van der Waals surface area (Å²) in [6, 6.07) is 0.419. The van der Waals surface area contributed by atoms with Crippen molar-refractivity contribution in [1.29, 1.82) is 0 Å². The number of hydrogen-bond donors (Lipinski definition) is 2. The zero-order chi connectivity index (χ0) is 11.1. The molecule has 0 bridgehead atoms. The van der Waals surface area contributed by atoms with Crippen molar-refractivity contribution in [2.45, 2.75) is 64.0 Å². The maximum atomic E-state index is 5.59. The molecule has 0 saturated heterocycles. The first-order valence-electron chi connectivity index (χ1n) is 6.25. The third-order valence-electron chi connectivity index (χ3n) is 3.60. The van der Waals surface area contributed by atoms with E-state index in [0.29, 0.717) is 12.1 Å². The Hall–Kier alpha value is -0.120. The van der Waals surface area contributed by atoms with Crippen LogP contribution in [-0.4, -0.2) is 19.3 Å². The van der Waals surface area contributed by atoms with Crippen molar-refractivity contribution in [3.8, 4) is 0 Å². The second kappa shape index (κ2) is 7.20. The van der Waals surface area contributed by atoms with Gasteiger partial charge in [-0.3, -0.25) is 11.3 Å². The lowest BCUT2D eigenvalue weighted by Crippen LogP contribution is -2.39. The van der Waals surface area contributed by atoms with Gasteiger partial charge in [0.05, 0.1) is 6.10 Å². The Labute approximate surface area is 93.7 Å². The van der Waals surface area contributed by atoms with Crippen molar-refractivity contribution >= 4 is 0 Å². The van der Waals surface area contributed by atoms with Crippen molar-refractivity contribution < 1.29 is 4.74 Å². The molecule has 0 radical (unpaired) electrons. The summed E-state index contributed by atoms with van der Waals surface area (Å²) in [5.41, 5.74) is 2.93. The molecule has 0 heterocycles. The zero-order valence-electron chi connectivity index (χ0n) is 10.2. The van der Waals surface area contributed by atoms with Gasteiger partial charge < -0.3 is 4.74 Å². The van der Waals surface area contributed by atoms with E-state index in [4.69, 9.17) is 10.6 Å². The summed E-state index contributed by atoms with van der Waals surface area (Å²) in [7, 11) is 1.76. The molecule has 1 fully saturated rings. The Kier molecular flexibility index (Phi) is 6.22. The summed E-state index contributed by atoms with van der Waals surface area (Å²) in [5, 5.41) is 0. The van der Waals surface area contributed by atoms with E-state index >= 15 is 0 Å². The van der Waals surface area contributed by atoms with Gasteiger partial charge in [0.25, 0.3) is 0 Å². The highest BCUT2D eigenvalue weighted by molar-refractivity contribution is 4.75. The Balaban J connectivity index is 2.25. The number of methoxy groups -OCH3 is 1. The molecule has 1 aliphatic carbocycles. The highest BCUT2D eigenvalue weighted by Crippen LogP contribution is 2.28. The molecule has 3 nitrogen and oxygen atoms in total. The van der Waals surface area contributed by atoms with Crippen molar-refractivity contribution in [3.63, 3.8) is 0 Å². The minimum absolute atomic E-state index is 0.301. The molecule has 0 aromatic carbocycles. The maximum Gasteiger partial charge on any atom is 0.0558 e. The van der Waals surface area contributed by atoms with Gasteiger partial charge in [0.2, 0.25) is 0 Å². The third kappa shape index (κ3) is 4.96. The minimum Gasteiger partial charge on any atom is -0.382 e. The fourth-order valence-corrected chi connectivity index (χ4v) is 2.55. The summed E-state index contributed by atoms with van der Waals surface area (Å²) >= 11 is 0. The smallest absolute Gasteiger partial charge is 0.0558 e. The fourth-order valence-electron chi connectivity index (χ4n) is 2.55. The molecule has 15 heavy (non-hydrogen) atoms. The topological polar surface area (TPSA) is 47.3 Å². The molecular formula is C12H26N2O. The normalized spacial score (nSPS) is 22.6. The van der Waals surface area contributed by atoms with Crippen LogP contribution in [0.25, 0.3) is 0 Å². The highest BCUT2D eigenvalue weighted by Gasteiger charge is 2.19. The predicted molar refractivity (Wildman–Crippen MR) is 63.4 cm³/mol. The molecule has 3 heteroatoms. The molecule has 2 unspecified atom stereocenters. The molecule has 0 spiro atoms. The van der Waals surface area contributed by atoms with Crippen LogP contribution in [-0.2, 0) is 4.74 Å². The number of hydrogen-bond acceptors (Lipinski definition) is 3. The molecule has 3 N–H and O–H groups in total. The molecule has 1 saturated carbocycles. The molecule has 90 valence electrons. The second-order valence-electron chi connectivity index (χ2n) is 4.89. The van der Waals surface area contributed by atoms with Gasteiger partial charge in [-0.25, -0.2) is 0 Å². The monoisotopic (exact) mass is 214 g/mol. The zero-order valence-corrected chi connectivity index (χ0v) is 10.2. The van der Waals surface area contributed by atoms with Crippen molar-refractivity contribution in [1.82, 2.24) is 5.43 Å². The number of nitrogens with one attached hydrogen (secondary N) is 1. The van der Waals surface area contributed by atoms with Gasteiger partial charge in [-0.05, 0) is 25.7 Å². The summed E-state index contributed by atoms with van der Waals surface area (Å²) in [4.78, 5) is 0. The molecular weight excluding hydrogens is 188 g/mol. The van der Waals surface area contributed by atoms with Gasteiger partial charge in [-0.1, -0.05) is 32.1 Å². The molecule has 0 aliphatic heterocycles. The quantitative estimate of drug-likeness (QED) is 0.526. The summed E-state index contributed by atoms with van der Waals surface area (Å²) in [6.07, 6.45) is 9.54. The van der Waals surface area contributed by atoms with Crippen LogP contribution in [0.2, 0.25) is 0 Å². The van der Waals surface area contributed by atoms with E-state index in [9.17, 15) is 0 Å². The highest BCUT2D eigenvalue weighted by atomic mass is 16.5. The molecule has 2 atom stereocenters. The largest absolute Gasteiger partial charge is 0.382 e. The summed E-state index contributed by atoms with van der Waals surface area (Å²) in [5.74, 6) is 6.47. The number of rotatable bonds is 6. The van der Waals surface area contributed by atoms with E-state index in [2.05, 4.69) is 12.3 Å². The summed E-state index contributed by atoms with van der Waals surface area (Å²) in [6.45, 7) is 2.10. The molecule has 0 amide bonds. The van der Waals surface area contributed by atoms with Crippen molar-refractivity contribution in [2.75, 3.05) is 7.11 Å². The molecule has 1 aliphatic rings. The van der Waals surface area contributed by atoms with E-state index in [1.807, 2.05) is 0 Å². The number of hydrazine groups is 1. The van der Waals surface area contributed by atoms with Crippen molar-refractivity contribution in [3.05, 3.63) is 0 Å². The minimum atomic E-state index is 0.301. The van der Waals surface area contributed by atoms with Gasteiger partial charge in [0.15, 0.2) is 0 Å². The maximum absolute atomic E-state index is 5.59. The lowest BCUT2D eigenvalue weighted by Gasteiger charge is -2.27. The Morgan fingerprint density at radius 2 is 2.00 bits per heavy atom. The van der Waals surface area contributed by atoms with Crippen LogP contribution in [0.4, 0.5) is 0 Å². The van der Waals surface area contributed by atoms with Gasteiger partial charge in [-0.2, -0.15) is 0 Å². The van der Waals surface area contributed by atoms with Gasteiger partial charge in [-0.15, -0.1) is 0 Å². The first-order valence-corrected chi connectivity index (χ1v) is 6.25. The van der Waals surface area contributed by atoms with Crippen LogP contribution in [0.5, 0.6) is 0 Å². The van der Waals surface area contributed by atoms with E-state index in [-0.39, 0.29) is 0 Å². The van der Waals surface area contributed by atoms with E-state index in [0.717, 1.165) is 12.3 Å². The van der Waals surface area contributed by atoms with Crippen LogP contribution < -0.4 is 11.3 Å². The second-order valence-corrected chi connectivity index (χ2v) is 4.89. The molecule has 1 rings (SSSR count). The first-order chi connectivity index (χ1) is 7.26. The number of nitrogens with two attached hydrogens (primary N) is 1. The van der Waals surface area contributed by atoms with Crippen LogP contribution in [0.3, 0.4) is 0 Å². The Morgan fingerprint density at radius 3 is 2.53 bits per heavy atom. The van der Waals surface area contributed by atoms with Crippen LogP contribution >= 0.6 is 0 Å². The Bertz CT molecular complexity index is 158. The van der Waals surface area contributed by atoms with Gasteiger partial charge in [0.1, 0.15) is 0 Å². The molecule has 0 aromatic rings. The molecule has 0 aromatic heterocycles. The predicted octanol–water partition coefficient (Wildman–Crippen LogP) is 2.21. The van der Waals surface area contributed by atoms with E-state index in [1.165, 1.54) is 38.5 Å². The average molecular weight is 214 g/mol. The average Bonchev–Trinajstić information content (AvgIpc) is 2.29. The first kappa shape index (κ1) is 12.9.